The van der Waals surface area contributed by atoms with Gasteiger partial charge in [0.2, 0.25) is 5.91 Å². The minimum atomic E-state index is 0.213. The number of rotatable bonds is 3. The molecule has 1 aliphatic heterocycles. The summed E-state index contributed by atoms with van der Waals surface area (Å²) in [5, 5.41) is 0.773. The standard InChI is InChI=1S/C28H32Br2ClN3O/c1-32-23-6-2-17(3-7-23)12-25(35)34-10-8-18(9-11-34)27-26-19(14-22(31)15-24(26)30)4-5-20-13-21(29)16-33-28(20)27/h13-18,27H,2-12H2,1H3/t17?,27-/m1/s1. The molecule has 5 rings (SSSR count). The van der Waals surface area contributed by atoms with E-state index < -0.39 is 0 Å². The maximum absolute atomic E-state index is 13.1. The van der Waals surface area contributed by atoms with Crippen LogP contribution in [0.5, 0.6) is 0 Å². The lowest BCUT2D eigenvalue weighted by molar-refractivity contribution is -0.133. The molecule has 1 saturated heterocycles. The lowest BCUT2D eigenvalue weighted by atomic mass is 9.76. The SMILES string of the molecule is CN=C1CCC(CC(=O)N2CCC([C@H]3c4ncc(Br)cc4CCc4cc(Cl)cc(Br)c43)CC2)CC1. The van der Waals surface area contributed by atoms with Crippen molar-refractivity contribution in [2.45, 2.75) is 63.7 Å². The molecule has 1 saturated carbocycles. The van der Waals surface area contributed by atoms with Gasteiger partial charge in [-0.2, -0.15) is 0 Å². The summed E-state index contributed by atoms with van der Waals surface area (Å²) in [4.78, 5) is 24.6. The number of hydrogen-bond acceptors (Lipinski definition) is 3. The molecule has 1 atom stereocenters. The molecular formula is C28H32Br2ClN3O. The predicted molar refractivity (Wildman–Crippen MR) is 150 cm³/mol. The topological polar surface area (TPSA) is 45.6 Å². The van der Waals surface area contributed by atoms with E-state index in [0.29, 0.717) is 24.2 Å². The monoisotopic (exact) mass is 619 g/mol. The van der Waals surface area contributed by atoms with E-state index in [1.54, 1.807) is 0 Å². The van der Waals surface area contributed by atoms with Crippen molar-refractivity contribution in [2.24, 2.45) is 16.8 Å². The van der Waals surface area contributed by atoms with Crippen molar-refractivity contribution in [3.05, 3.63) is 60.7 Å². The molecule has 0 bridgehead atoms. The second-order valence-electron chi connectivity index (χ2n) is 10.3. The van der Waals surface area contributed by atoms with Crippen LogP contribution in [0.2, 0.25) is 5.02 Å². The Morgan fingerprint density at radius 3 is 2.49 bits per heavy atom. The van der Waals surface area contributed by atoms with E-state index in [-0.39, 0.29) is 5.92 Å². The van der Waals surface area contributed by atoms with Crippen LogP contribution in [0.25, 0.3) is 0 Å². The molecule has 0 radical (unpaired) electrons. The summed E-state index contributed by atoms with van der Waals surface area (Å²) < 4.78 is 2.10. The highest BCUT2D eigenvalue weighted by atomic mass is 79.9. The summed E-state index contributed by atoms with van der Waals surface area (Å²) in [6, 6.07) is 6.38. The Kier molecular flexibility index (Phi) is 8.00. The number of nitrogens with zero attached hydrogens (tertiary/aromatic N) is 3. The Morgan fingerprint density at radius 2 is 1.77 bits per heavy atom. The van der Waals surface area contributed by atoms with Crippen LogP contribution < -0.4 is 0 Å². The highest BCUT2D eigenvalue weighted by Gasteiger charge is 2.36. The summed E-state index contributed by atoms with van der Waals surface area (Å²) in [5.41, 5.74) is 6.47. The molecule has 0 N–H and O–H groups in total. The van der Waals surface area contributed by atoms with E-state index in [1.165, 1.54) is 28.1 Å². The fourth-order valence-corrected chi connectivity index (χ4v) is 7.83. The van der Waals surface area contributed by atoms with E-state index in [2.05, 4.69) is 53.9 Å². The first-order chi connectivity index (χ1) is 16.9. The minimum absolute atomic E-state index is 0.213. The van der Waals surface area contributed by atoms with Gasteiger partial charge in [-0.25, -0.2) is 0 Å². The number of hydrogen-bond donors (Lipinski definition) is 0. The number of halogens is 3. The van der Waals surface area contributed by atoms with Crippen LogP contribution in [0.15, 0.2) is 38.3 Å². The molecule has 3 aliphatic rings. The second-order valence-corrected chi connectivity index (χ2v) is 12.5. The number of carbonyl (C=O) groups excluding carboxylic acids is 1. The van der Waals surface area contributed by atoms with E-state index in [9.17, 15) is 4.79 Å². The second kappa shape index (κ2) is 11.0. The highest BCUT2D eigenvalue weighted by Crippen LogP contribution is 2.46. The van der Waals surface area contributed by atoms with Crippen molar-refractivity contribution < 1.29 is 4.79 Å². The number of pyridine rings is 1. The first-order valence-corrected chi connectivity index (χ1v) is 14.7. The fourth-order valence-electron chi connectivity index (χ4n) is 6.33. The number of aryl methyl sites for hydroxylation is 2. The number of fused-ring (bicyclic) bond motifs is 2. The Bertz CT molecular complexity index is 1130. The van der Waals surface area contributed by atoms with Crippen LogP contribution in [0.3, 0.4) is 0 Å². The molecule has 0 unspecified atom stereocenters. The maximum atomic E-state index is 13.1. The normalized spacial score (nSPS) is 22.9. The summed E-state index contributed by atoms with van der Waals surface area (Å²) in [6.07, 6.45) is 10.8. The Balaban J connectivity index is 1.33. The predicted octanol–water partition coefficient (Wildman–Crippen LogP) is 7.38. The first kappa shape index (κ1) is 25.4. The molecular weight excluding hydrogens is 590 g/mol. The van der Waals surface area contributed by atoms with Gasteiger partial charge in [0.05, 0.1) is 5.69 Å². The summed E-state index contributed by atoms with van der Waals surface area (Å²) in [7, 11) is 1.89. The van der Waals surface area contributed by atoms with E-state index in [0.717, 1.165) is 78.4 Å². The molecule has 1 amide bonds. The van der Waals surface area contributed by atoms with Crippen LogP contribution in [0, 0.1) is 11.8 Å². The third-order valence-electron chi connectivity index (χ3n) is 8.24. The smallest absolute Gasteiger partial charge is 0.222 e. The molecule has 7 heteroatoms. The lowest BCUT2D eigenvalue weighted by Gasteiger charge is -2.37. The number of aliphatic imine (C=N–C) groups is 1. The zero-order valence-electron chi connectivity index (χ0n) is 20.2. The van der Waals surface area contributed by atoms with Crippen LogP contribution in [0.4, 0.5) is 0 Å². The number of amides is 1. The maximum Gasteiger partial charge on any atom is 0.222 e. The molecule has 4 nitrogen and oxygen atoms in total. The third kappa shape index (κ3) is 5.55. The van der Waals surface area contributed by atoms with Crippen LogP contribution in [0.1, 0.15) is 73.2 Å². The minimum Gasteiger partial charge on any atom is -0.343 e. The van der Waals surface area contributed by atoms with E-state index in [1.807, 2.05) is 19.3 Å². The van der Waals surface area contributed by atoms with Crippen molar-refractivity contribution in [2.75, 3.05) is 20.1 Å². The first-order valence-electron chi connectivity index (χ1n) is 12.8. The molecule has 1 aromatic carbocycles. The quantitative estimate of drug-likeness (QED) is 0.359. The molecule has 2 fully saturated rings. The van der Waals surface area contributed by atoms with Gasteiger partial charge in [-0.1, -0.05) is 27.5 Å². The van der Waals surface area contributed by atoms with Crippen molar-refractivity contribution in [3.63, 3.8) is 0 Å². The number of benzene rings is 1. The fraction of sp³-hybridized carbons (Fsp3) is 0.536. The van der Waals surface area contributed by atoms with Gasteiger partial charge in [-0.15, -0.1) is 0 Å². The summed E-state index contributed by atoms with van der Waals surface area (Å²) in [6.45, 7) is 1.67. The average molecular weight is 622 g/mol. The number of piperidine rings is 1. The van der Waals surface area contributed by atoms with Crippen molar-refractivity contribution in [1.82, 2.24) is 9.88 Å². The van der Waals surface area contributed by atoms with Crippen LogP contribution >= 0.6 is 43.5 Å². The van der Waals surface area contributed by atoms with Gasteiger partial charge in [-0.05, 0) is 114 Å². The Hall–Kier alpha value is -1.24. The Morgan fingerprint density at radius 1 is 1.06 bits per heavy atom. The van der Waals surface area contributed by atoms with Gasteiger partial charge in [0.15, 0.2) is 0 Å². The van der Waals surface area contributed by atoms with Crippen LogP contribution in [-0.2, 0) is 17.6 Å². The molecule has 2 aromatic rings. The van der Waals surface area contributed by atoms with Crippen molar-refractivity contribution >= 4 is 55.1 Å². The van der Waals surface area contributed by atoms with Crippen LogP contribution in [-0.4, -0.2) is 41.6 Å². The van der Waals surface area contributed by atoms with Gasteiger partial charge >= 0.3 is 0 Å². The largest absolute Gasteiger partial charge is 0.343 e. The van der Waals surface area contributed by atoms with Gasteiger partial charge in [0.25, 0.3) is 0 Å². The van der Waals surface area contributed by atoms with E-state index >= 15 is 0 Å². The summed E-state index contributed by atoms with van der Waals surface area (Å²) in [5.74, 6) is 1.50. The molecule has 35 heavy (non-hydrogen) atoms. The molecule has 2 aliphatic carbocycles. The van der Waals surface area contributed by atoms with Crippen molar-refractivity contribution in [1.29, 1.82) is 0 Å². The molecule has 1 aromatic heterocycles. The molecule has 2 heterocycles. The van der Waals surface area contributed by atoms with Gasteiger partial charge in [0, 0.05) is 58.4 Å². The van der Waals surface area contributed by atoms with Gasteiger partial charge in [-0.3, -0.25) is 14.8 Å². The number of carbonyl (C=O) groups is 1. The Labute approximate surface area is 230 Å². The van der Waals surface area contributed by atoms with Gasteiger partial charge < -0.3 is 4.90 Å². The van der Waals surface area contributed by atoms with Crippen molar-refractivity contribution in [3.8, 4) is 0 Å². The molecule has 0 spiro atoms. The lowest BCUT2D eigenvalue weighted by Crippen LogP contribution is -2.41. The zero-order chi connectivity index (χ0) is 24.5. The summed E-state index contributed by atoms with van der Waals surface area (Å²) >= 11 is 13.9. The number of likely N-dealkylation sites (tertiary alicyclic amines) is 1. The van der Waals surface area contributed by atoms with Gasteiger partial charge in [0.1, 0.15) is 0 Å². The molecule has 186 valence electrons. The average Bonchev–Trinajstić information content (AvgIpc) is 3.01. The highest BCUT2D eigenvalue weighted by molar-refractivity contribution is 9.10. The van der Waals surface area contributed by atoms with E-state index in [4.69, 9.17) is 16.6 Å². The third-order valence-corrected chi connectivity index (χ3v) is 9.55. The number of aromatic nitrogens is 1. The zero-order valence-corrected chi connectivity index (χ0v) is 24.1.